The highest BCUT2D eigenvalue weighted by Gasteiger charge is 2.09. The number of rotatable bonds is 3. The molecule has 1 heterocycles. The molecule has 88 valence electrons. The van der Waals surface area contributed by atoms with Crippen LogP contribution < -0.4 is 5.32 Å². The average molecular weight is 229 g/mol. The molecule has 0 aliphatic heterocycles. The van der Waals surface area contributed by atoms with Gasteiger partial charge in [0.25, 0.3) is 0 Å². The molecule has 0 saturated heterocycles. The van der Waals surface area contributed by atoms with Gasteiger partial charge in [-0.3, -0.25) is 0 Å². The number of benzene rings is 1. The molecule has 0 unspecified atom stereocenters. The van der Waals surface area contributed by atoms with Crippen molar-refractivity contribution in [3.63, 3.8) is 0 Å². The summed E-state index contributed by atoms with van der Waals surface area (Å²) in [4.78, 5) is 0. The third-order valence-corrected chi connectivity index (χ3v) is 2.50. The number of nitrogens with zero attached hydrogens (tertiary/aromatic N) is 2. The van der Waals surface area contributed by atoms with E-state index in [0.717, 1.165) is 17.9 Å². The first-order valence-corrected chi connectivity index (χ1v) is 5.59. The lowest BCUT2D eigenvalue weighted by molar-refractivity contribution is 0.477. The molecular weight excluding hydrogens is 214 g/mol. The molecule has 0 atom stereocenters. The predicted molar refractivity (Wildman–Crippen MR) is 68.0 cm³/mol. The fourth-order valence-corrected chi connectivity index (χ4v) is 1.69. The van der Waals surface area contributed by atoms with Gasteiger partial charge in [-0.05, 0) is 37.6 Å². The molecule has 0 amide bonds. The molecule has 1 aromatic carbocycles. The van der Waals surface area contributed by atoms with Crippen molar-refractivity contribution in [3.8, 4) is 17.0 Å². The second-order valence-corrected chi connectivity index (χ2v) is 3.81. The predicted octanol–water partition coefficient (Wildman–Crippen LogP) is 2.59. The van der Waals surface area contributed by atoms with E-state index in [1.807, 2.05) is 32.0 Å². The third-order valence-electron chi connectivity index (χ3n) is 2.50. The van der Waals surface area contributed by atoms with E-state index in [-0.39, 0.29) is 5.75 Å². The van der Waals surface area contributed by atoms with Gasteiger partial charge >= 0.3 is 0 Å². The lowest BCUT2D eigenvalue weighted by Gasteiger charge is -2.08. The Labute approximate surface area is 100 Å². The summed E-state index contributed by atoms with van der Waals surface area (Å²) in [6.07, 6.45) is 0. The number of aromatic hydroxyl groups is 1. The summed E-state index contributed by atoms with van der Waals surface area (Å²) < 4.78 is 0. The van der Waals surface area contributed by atoms with Gasteiger partial charge in [0.1, 0.15) is 11.6 Å². The van der Waals surface area contributed by atoms with Crippen LogP contribution in [0.5, 0.6) is 5.75 Å². The first-order valence-electron chi connectivity index (χ1n) is 5.59. The Morgan fingerprint density at radius 3 is 2.65 bits per heavy atom. The van der Waals surface area contributed by atoms with E-state index in [1.54, 1.807) is 12.1 Å². The summed E-state index contributed by atoms with van der Waals surface area (Å²) in [5.74, 6) is 0.977. The standard InChI is InChI=1S/C13H15N3O/c1-3-14-12-8-9(2)13(16-15-12)10-6-4-5-7-11(10)17/h4-8,17H,3H2,1-2H3,(H,14,15). The van der Waals surface area contributed by atoms with Gasteiger partial charge < -0.3 is 10.4 Å². The van der Waals surface area contributed by atoms with Crippen molar-refractivity contribution < 1.29 is 5.11 Å². The van der Waals surface area contributed by atoms with E-state index in [0.29, 0.717) is 11.3 Å². The topological polar surface area (TPSA) is 58.0 Å². The average Bonchev–Trinajstić information content (AvgIpc) is 2.31. The first-order chi connectivity index (χ1) is 8.22. The summed E-state index contributed by atoms with van der Waals surface area (Å²) in [6, 6.07) is 9.06. The Hall–Kier alpha value is -2.10. The zero-order valence-electron chi connectivity index (χ0n) is 9.94. The fourth-order valence-electron chi connectivity index (χ4n) is 1.69. The minimum Gasteiger partial charge on any atom is -0.507 e. The highest BCUT2D eigenvalue weighted by molar-refractivity contribution is 5.69. The van der Waals surface area contributed by atoms with E-state index >= 15 is 0 Å². The molecule has 0 aliphatic rings. The molecule has 4 nitrogen and oxygen atoms in total. The smallest absolute Gasteiger partial charge is 0.148 e. The zero-order valence-corrected chi connectivity index (χ0v) is 9.94. The first kappa shape index (κ1) is 11.4. The van der Waals surface area contributed by atoms with Crippen LogP contribution >= 0.6 is 0 Å². The normalized spacial score (nSPS) is 10.2. The third kappa shape index (κ3) is 2.36. The van der Waals surface area contributed by atoms with Gasteiger partial charge in [0.05, 0.1) is 5.69 Å². The largest absolute Gasteiger partial charge is 0.507 e. The SMILES string of the molecule is CCNc1cc(C)c(-c2ccccc2O)nn1. The Morgan fingerprint density at radius 1 is 1.24 bits per heavy atom. The van der Waals surface area contributed by atoms with Crippen LogP contribution in [0.2, 0.25) is 0 Å². The minimum atomic E-state index is 0.223. The number of anilines is 1. The van der Waals surface area contributed by atoms with Crippen LogP contribution in [-0.2, 0) is 0 Å². The highest BCUT2D eigenvalue weighted by Crippen LogP contribution is 2.29. The van der Waals surface area contributed by atoms with Gasteiger partial charge in [0.15, 0.2) is 0 Å². The molecule has 2 N–H and O–H groups in total. The summed E-state index contributed by atoms with van der Waals surface area (Å²) in [6.45, 7) is 4.77. The molecular formula is C13H15N3O. The van der Waals surface area contributed by atoms with Crippen molar-refractivity contribution in [3.05, 3.63) is 35.9 Å². The number of phenolic OH excluding ortho intramolecular Hbond substituents is 1. The Balaban J connectivity index is 2.44. The maximum atomic E-state index is 9.78. The molecule has 0 saturated carbocycles. The molecule has 17 heavy (non-hydrogen) atoms. The fraction of sp³-hybridized carbons (Fsp3) is 0.231. The molecule has 0 fully saturated rings. The van der Waals surface area contributed by atoms with Gasteiger partial charge in [0.2, 0.25) is 0 Å². The number of aromatic nitrogens is 2. The van der Waals surface area contributed by atoms with Crippen LogP contribution in [0.25, 0.3) is 11.3 Å². The maximum absolute atomic E-state index is 9.78. The van der Waals surface area contributed by atoms with E-state index < -0.39 is 0 Å². The molecule has 2 rings (SSSR count). The van der Waals surface area contributed by atoms with E-state index in [4.69, 9.17) is 0 Å². The molecule has 0 aliphatic carbocycles. The van der Waals surface area contributed by atoms with Crippen molar-refractivity contribution in [1.82, 2.24) is 10.2 Å². The summed E-state index contributed by atoms with van der Waals surface area (Å²) in [7, 11) is 0. The lowest BCUT2D eigenvalue weighted by atomic mass is 10.1. The van der Waals surface area contributed by atoms with Crippen molar-refractivity contribution >= 4 is 5.82 Å². The van der Waals surface area contributed by atoms with Crippen molar-refractivity contribution in [1.29, 1.82) is 0 Å². The van der Waals surface area contributed by atoms with Crippen LogP contribution in [0.4, 0.5) is 5.82 Å². The molecule has 0 radical (unpaired) electrons. The van der Waals surface area contributed by atoms with Crippen LogP contribution in [0.15, 0.2) is 30.3 Å². The van der Waals surface area contributed by atoms with E-state index in [1.165, 1.54) is 0 Å². The highest BCUT2D eigenvalue weighted by atomic mass is 16.3. The van der Waals surface area contributed by atoms with Crippen LogP contribution in [0, 0.1) is 6.92 Å². The van der Waals surface area contributed by atoms with Crippen molar-refractivity contribution in [2.75, 3.05) is 11.9 Å². The van der Waals surface area contributed by atoms with Gasteiger partial charge in [-0.15, -0.1) is 10.2 Å². The van der Waals surface area contributed by atoms with E-state index in [9.17, 15) is 5.11 Å². The van der Waals surface area contributed by atoms with Crippen LogP contribution in [-0.4, -0.2) is 21.8 Å². The zero-order chi connectivity index (χ0) is 12.3. The van der Waals surface area contributed by atoms with Gasteiger partial charge in [-0.2, -0.15) is 0 Å². The van der Waals surface area contributed by atoms with Gasteiger partial charge in [0, 0.05) is 12.1 Å². The minimum absolute atomic E-state index is 0.223. The Morgan fingerprint density at radius 2 is 2.00 bits per heavy atom. The number of hydrogen-bond acceptors (Lipinski definition) is 4. The number of aryl methyl sites for hydroxylation is 1. The van der Waals surface area contributed by atoms with E-state index in [2.05, 4.69) is 15.5 Å². The number of phenols is 1. The summed E-state index contributed by atoms with van der Waals surface area (Å²) in [5.41, 5.74) is 2.41. The number of hydrogen-bond donors (Lipinski definition) is 2. The van der Waals surface area contributed by atoms with Gasteiger partial charge in [-0.25, -0.2) is 0 Å². The lowest BCUT2D eigenvalue weighted by Crippen LogP contribution is -2.02. The number of para-hydroxylation sites is 1. The Bertz CT molecular complexity index is 526. The second kappa shape index (κ2) is 4.82. The molecule has 4 heteroatoms. The summed E-state index contributed by atoms with van der Waals surface area (Å²) in [5, 5.41) is 21.1. The van der Waals surface area contributed by atoms with Crippen LogP contribution in [0.3, 0.4) is 0 Å². The molecule has 2 aromatic rings. The molecule has 1 aromatic heterocycles. The van der Waals surface area contributed by atoms with Crippen molar-refractivity contribution in [2.24, 2.45) is 0 Å². The van der Waals surface area contributed by atoms with Crippen molar-refractivity contribution in [2.45, 2.75) is 13.8 Å². The second-order valence-electron chi connectivity index (χ2n) is 3.81. The monoisotopic (exact) mass is 229 g/mol. The Kier molecular flexibility index (Phi) is 3.23. The summed E-state index contributed by atoms with van der Waals surface area (Å²) >= 11 is 0. The quantitative estimate of drug-likeness (QED) is 0.849. The van der Waals surface area contributed by atoms with Gasteiger partial charge in [-0.1, -0.05) is 12.1 Å². The molecule has 0 spiro atoms. The van der Waals surface area contributed by atoms with Crippen LogP contribution in [0.1, 0.15) is 12.5 Å². The maximum Gasteiger partial charge on any atom is 0.148 e. The molecule has 0 bridgehead atoms. The number of nitrogens with one attached hydrogen (secondary N) is 1.